The number of rotatable bonds is 5. The summed E-state index contributed by atoms with van der Waals surface area (Å²) in [4.78, 5) is 22.0. The Bertz CT molecular complexity index is 980. The van der Waals surface area contributed by atoms with Crippen LogP contribution in [0.2, 0.25) is 0 Å². The highest BCUT2D eigenvalue weighted by Crippen LogP contribution is 2.23. The monoisotopic (exact) mass is 352 g/mol. The number of nitro benzene ring substituents is 1. The molecule has 0 bridgehead atoms. The third kappa shape index (κ3) is 4.02. The van der Waals surface area contributed by atoms with E-state index in [1.54, 1.807) is 12.1 Å². The van der Waals surface area contributed by atoms with Crippen molar-refractivity contribution in [1.82, 2.24) is 0 Å². The fourth-order valence-electron chi connectivity index (χ4n) is 2.25. The molecular weight excluding hydrogens is 339 g/mol. The number of hydrogen-bond donors (Lipinski definition) is 1. The molecule has 0 aliphatic carbocycles. The zero-order chi connectivity index (χ0) is 18.5. The van der Waals surface area contributed by atoms with Crippen LogP contribution >= 0.6 is 0 Å². The largest absolute Gasteiger partial charge is 0.457 e. The van der Waals surface area contributed by atoms with Crippen LogP contribution in [-0.4, -0.2) is 10.8 Å². The molecule has 3 rings (SSSR count). The summed E-state index contributed by atoms with van der Waals surface area (Å²) in [6, 6.07) is 15.8. The molecule has 2 aromatic carbocycles. The number of nitro groups is 1. The van der Waals surface area contributed by atoms with E-state index in [-0.39, 0.29) is 11.4 Å². The van der Waals surface area contributed by atoms with Crippen LogP contribution in [-0.2, 0) is 4.79 Å². The van der Waals surface area contributed by atoms with Gasteiger partial charge in [0.25, 0.3) is 5.69 Å². The molecule has 0 aliphatic rings. The third-order valence-electron chi connectivity index (χ3n) is 3.50. The second-order valence-electron chi connectivity index (χ2n) is 5.31. The predicted octanol–water partition coefficient (Wildman–Crippen LogP) is 4.65. The van der Waals surface area contributed by atoms with Gasteiger partial charge in [0.1, 0.15) is 17.3 Å². The van der Waals surface area contributed by atoms with E-state index in [2.05, 4.69) is 5.32 Å². The quantitative estimate of drug-likeness (QED) is 0.411. The molecule has 0 fully saturated rings. The van der Waals surface area contributed by atoms with Crippen molar-refractivity contribution in [3.05, 3.63) is 88.4 Å². The number of carbonyl (C=O) groups excluding carboxylic acids is 1. The van der Waals surface area contributed by atoms with Gasteiger partial charge < -0.3 is 9.73 Å². The molecule has 1 aromatic heterocycles. The van der Waals surface area contributed by atoms with Gasteiger partial charge in [-0.05, 0) is 24.3 Å². The summed E-state index contributed by atoms with van der Waals surface area (Å²) in [6.45, 7) is 0. The SMILES string of the molecule is O=C(/C=C/c1ccc(-c2ccccc2)o1)Nc1cc([N+](=O)[O-])ccc1F. The highest BCUT2D eigenvalue weighted by atomic mass is 19.1. The lowest BCUT2D eigenvalue weighted by Gasteiger charge is -2.03. The summed E-state index contributed by atoms with van der Waals surface area (Å²) in [6.07, 6.45) is 2.59. The summed E-state index contributed by atoms with van der Waals surface area (Å²) in [5, 5.41) is 13.0. The van der Waals surface area contributed by atoms with Gasteiger partial charge >= 0.3 is 0 Å². The number of anilines is 1. The van der Waals surface area contributed by atoms with Crippen LogP contribution in [0, 0.1) is 15.9 Å². The number of hydrogen-bond acceptors (Lipinski definition) is 4. The van der Waals surface area contributed by atoms with Crippen molar-refractivity contribution in [3.63, 3.8) is 0 Å². The Labute approximate surface area is 147 Å². The summed E-state index contributed by atoms with van der Waals surface area (Å²) >= 11 is 0. The predicted molar refractivity (Wildman–Crippen MR) is 94.9 cm³/mol. The van der Waals surface area contributed by atoms with Gasteiger partial charge in [-0.1, -0.05) is 30.3 Å². The number of carbonyl (C=O) groups is 1. The van der Waals surface area contributed by atoms with Crippen molar-refractivity contribution in [2.45, 2.75) is 0 Å². The Morgan fingerprint density at radius 1 is 1.12 bits per heavy atom. The van der Waals surface area contributed by atoms with Gasteiger partial charge in [0, 0.05) is 23.8 Å². The maximum Gasteiger partial charge on any atom is 0.271 e. The standard InChI is InChI=1S/C19H13FN2O4/c20-16-9-6-14(22(24)25)12-17(16)21-19(23)11-8-15-7-10-18(26-15)13-4-2-1-3-5-13/h1-12H,(H,21,23)/b11-8+. The van der Waals surface area contributed by atoms with Crippen LogP contribution in [0.15, 0.2) is 71.2 Å². The highest BCUT2D eigenvalue weighted by molar-refractivity contribution is 6.02. The molecule has 130 valence electrons. The maximum absolute atomic E-state index is 13.7. The zero-order valence-electron chi connectivity index (χ0n) is 13.4. The van der Waals surface area contributed by atoms with Gasteiger partial charge in [-0.15, -0.1) is 0 Å². The molecule has 1 amide bonds. The molecule has 0 aliphatic heterocycles. The topological polar surface area (TPSA) is 85.4 Å². The Morgan fingerprint density at radius 2 is 1.88 bits per heavy atom. The van der Waals surface area contributed by atoms with Gasteiger partial charge in [-0.3, -0.25) is 14.9 Å². The molecule has 3 aromatic rings. The minimum absolute atomic E-state index is 0.265. The molecule has 6 nitrogen and oxygen atoms in total. The summed E-state index contributed by atoms with van der Waals surface area (Å²) in [5.74, 6) is -0.308. The average Bonchev–Trinajstić information content (AvgIpc) is 3.11. The Kier molecular flexibility index (Phi) is 4.89. The Hall–Kier alpha value is -3.74. The normalized spacial score (nSPS) is 10.8. The number of furan rings is 1. The van der Waals surface area contributed by atoms with Crippen molar-refractivity contribution in [3.8, 4) is 11.3 Å². The summed E-state index contributed by atoms with van der Waals surface area (Å²) in [5.41, 5.74) is 0.317. The Balaban J connectivity index is 1.70. The van der Waals surface area contributed by atoms with Crippen LogP contribution in [0.5, 0.6) is 0 Å². The van der Waals surface area contributed by atoms with Crippen molar-refractivity contribution in [2.24, 2.45) is 0 Å². The van der Waals surface area contributed by atoms with E-state index in [1.807, 2.05) is 30.3 Å². The lowest BCUT2D eigenvalue weighted by molar-refractivity contribution is -0.384. The van der Waals surface area contributed by atoms with Crippen LogP contribution < -0.4 is 5.32 Å². The molecule has 7 heteroatoms. The van der Waals surface area contributed by atoms with Gasteiger partial charge in [0.2, 0.25) is 5.91 Å². The third-order valence-corrected chi connectivity index (χ3v) is 3.50. The van der Waals surface area contributed by atoms with Crippen molar-refractivity contribution >= 4 is 23.4 Å². The Morgan fingerprint density at radius 3 is 2.62 bits per heavy atom. The van der Waals surface area contributed by atoms with Gasteiger partial charge in [-0.2, -0.15) is 0 Å². The number of amides is 1. The second kappa shape index (κ2) is 7.43. The lowest BCUT2D eigenvalue weighted by Crippen LogP contribution is -2.09. The van der Waals surface area contributed by atoms with Crippen molar-refractivity contribution < 1.29 is 18.5 Å². The molecule has 0 unspecified atom stereocenters. The first kappa shape index (κ1) is 17.1. The molecule has 26 heavy (non-hydrogen) atoms. The molecule has 0 saturated carbocycles. The first-order valence-corrected chi connectivity index (χ1v) is 7.61. The smallest absolute Gasteiger partial charge is 0.271 e. The fraction of sp³-hybridized carbons (Fsp3) is 0. The van der Waals surface area contributed by atoms with E-state index in [1.165, 1.54) is 6.08 Å². The fourth-order valence-corrected chi connectivity index (χ4v) is 2.25. The van der Waals surface area contributed by atoms with Crippen LogP contribution in [0.3, 0.4) is 0 Å². The van der Waals surface area contributed by atoms with Crippen LogP contribution in [0.1, 0.15) is 5.76 Å². The highest BCUT2D eigenvalue weighted by Gasteiger charge is 2.12. The van der Waals surface area contributed by atoms with E-state index in [4.69, 9.17) is 4.42 Å². The molecular formula is C19H13FN2O4. The van der Waals surface area contributed by atoms with Crippen molar-refractivity contribution in [2.75, 3.05) is 5.32 Å². The van der Waals surface area contributed by atoms with Gasteiger partial charge in [0.15, 0.2) is 0 Å². The summed E-state index contributed by atoms with van der Waals surface area (Å²) < 4.78 is 19.3. The maximum atomic E-state index is 13.7. The van der Waals surface area contributed by atoms with E-state index < -0.39 is 16.6 Å². The minimum atomic E-state index is -0.762. The lowest BCUT2D eigenvalue weighted by atomic mass is 10.2. The molecule has 0 atom stereocenters. The number of halogens is 1. The van der Waals surface area contributed by atoms with E-state index >= 15 is 0 Å². The van der Waals surface area contributed by atoms with Crippen LogP contribution in [0.25, 0.3) is 17.4 Å². The van der Waals surface area contributed by atoms with E-state index in [0.717, 1.165) is 29.8 Å². The second-order valence-corrected chi connectivity index (χ2v) is 5.31. The minimum Gasteiger partial charge on any atom is -0.457 e. The summed E-state index contributed by atoms with van der Waals surface area (Å²) in [7, 11) is 0. The average molecular weight is 352 g/mol. The number of nitrogens with one attached hydrogen (secondary N) is 1. The first-order chi connectivity index (χ1) is 12.5. The van der Waals surface area contributed by atoms with Gasteiger partial charge in [-0.25, -0.2) is 4.39 Å². The molecule has 1 heterocycles. The van der Waals surface area contributed by atoms with Crippen LogP contribution in [0.4, 0.5) is 15.8 Å². The zero-order valence-corrected chi connectivity index (χ0v) is 13.4. The molecule has 0 saturated heterocycles. The van der Waals surface area contributed by atoms with E-state index in [9.17, 15) is 19.3 Å². The van der Waals surface area contributed by atoms with E-state index in [0.29, 0.717) is 11.5 Å². The number of benzene rings is 2. The number of nitrogens with zero attached hydrogens (tertiary/aromatic N) is 1. The first-order valence-electron chi connectivity index (χ1n) is 7.61. The van der Waals surface area contributed by atoms with Gasteiger partial charge in [0.05, 0.1) is 10.6 Å². The number of non-ortho nitro benzene ring substituents is 1. The molecule has 0 spiro atoms. The molecule has 1 N–H and O–H groups in total. The molecule has 0 radical (unpaired) electrons. The van der Waals surface area contributed by atoms with Crippen molar-refractivity contribution in [1.29, 1.82) is 0 Å².